The Balaban J connectivity index is 1.89. The number of nitrogen functional groups attached to an aromatic ring is 1. The van der Waals surface area contributed by atoms with E-state index in [1.807, 2.05) is 18.2 Å². The number of H-pyrrole nitrogens is 1. The first kappa shape index (κ1) is 12.8. The Morgan fingerprint density at radius 1 is 1.35 bits per heavy atom. The summed E-state index contributed by atoms with van der Waals surface area (Å²) in [7, 11) is 1.63. The number of rotatable bonds is 4. The number of aromatic nitrogens is 2. The van der Waals surface area contributed by atoms with E-state index in [-0.39, 0.29) is 6.10 Å². The van der Waals surface area contributed by atoms with Crippen LogP contribution in [0.15, 0.2) is 24.3 Å². The number of hydrogen-bond donors (Lipinski definition) is 2. The second-order valence-electron chi connectivity index (χ2n) is 4.68. The van der Waals surface area contributed by atoms with Crippen LogP contribution >= 0.6 is 0 Å². The van der Waals surface area contributed by atoms with Gasteiger partial charge < -0.3 is 19.9 Å². The van der Waals surface area contributed by atoms with Gasteiger partial charge in [0.15, 0.2) is 11.5 Å². The highest BCUT2D eigenvalue weighted by atomic mass is 16.6. The summed E-state index contributed by atoms with van der Waals surface area (Å²) in [4.78, 5) is 0. The van der Waals surface area contributed by atoms with Crippen LogP contribution in [0.3, 0.4) is 0 Å². The average molecular weight is 275 g/mol. The summed E-state index contributed by atoms with van der Waals surface area (Å²) in [6.07, 6.45) is 0.968. The molecule has 0 bridgehead atoms. The van der Waals surface area contributed by atoms with Crippen molar-refractivity contribution in [3.05, 3.63) is 24.3 Å². The molecule has 1 aliphatic rings. The van der Waals surface area contributed by atoms with Crippen molar-refractivity contribution in [3.63, 3.8) is 0 Å². The maximum atomic E-state index is 5.95. The van der Waals surface area contributed by atoms with Crippen molar-refractivity contribution in [1.82, 2.24) is 10.2 Å². The van der Waals surface area contributed by atoms with Gasteiger partial charge in [0.1, 0.15) is 11.9 Å². The maximum Gasteiger partial charge on any atom is 0.162 e. The van der Waals surface area contributed by atoms with Crippen LogP contribution in [0.4, 0.5) is 5.82 Å². The smallest absolute Gasteiger partial charge is 0.162 e. The number of anilines is 1. The lowest BCUT2D eigenvalue weighted by Crippen LogP contribution is -2.16. The maximum absolute atomic E-state index is 5.95. The third-order valence-corrected chi connectivity index (χ3v) is 3.25. The van der Waals surface area contributed by atoms with Crippen molar-refractivity contribution in [2.24, 2.45) is 0 Å². The monoisotopic (exact) mass is 275 g/mol. The number of methoxy groups -OCH3 is 1. The van der Waals surface area contributed by atoms with Gasteiger partial charge in [-0.3, -0.25) is 5.10 Å². The van der Waals surface area contributed by atoms with Gasteiger partial charge in [-0.25, -0.2) is 0 Å². The fraction of sp³-hybridized carbons (Fsp3) is 0.357. The molecule has 1 fully saturated rings. The van der Waals surface area contributed by atoms with Crippen molar-refractivity contribution in [2.75, 3.05) is 26.1 Å². The van der Waals surface area contributed by atoms with E-state index in [0.29, 0.717) is 23.9 Å². The Hall–Kier alpha value is -2.21. The first-order valence-corrected chi connectivity index (χ1v) is 6.50. The number of benzene rings is 1. The number of nitrogens with one attached hydrogen (secondary N) is 1. The Labute approximate surface area is 116 Å². The van der Waals surface area contributed by atoms with Gasteiger partial charge in [0.05, 0.1) is 26.0 Å². The molecule has 1 aliphatic heterocycles. The highest BCUT2D eigenvalue weighted by Gasteiger charge is 2.19. The van der Waals surface area contributed by atoms with E-state index in [4.69, 9.17) is 19.9 Å². The SMILES string of the molecule is COc1ccc(-c2cc(N)n[nH]2)cc1OC1CCOC1. The zero-order valence-corrected chi connectivity index (χ0v) is 11.3. The van der Waals surface area contributed by atoms with E-state index in [0.717, 1.165) is 24.3 Å². The van der Waals surface area contributed by atoms with Crippen molar-refractivity contribution in [3.8, 4) is 22.8 Å². The molecule has 1 atom stereocenters. The molecule has 6 nitrogen and oxygen atoms in total. The summed E-state index contributed by atoms with van der Waals surface area (Å²) in [5.74, 6) is 1.87. The molecule has 0 radical (unpaired) electrons. The summed E-state index contributed by atoms with van der Waals surface area (Å²) in [6.45, 7) is 1.36. The summed E-state index contributed by atoms with van der Waals surface area (Å²) in [6, 6.07) is 7.51. The van der Waals surface area contributed by atoms with Crippen molar-refractivity contribution in [2.45, 2.75) is 12.5 Å². The molecule has 2 heterocycles. The summed E-state index contributed by atoms with van der Waals surface area (Å²) < 4.78 is 16.6. The molecule has 3 rings (SSSR count). The Kier molecular flexibility index (Phi) is 3.47. The predicted molar refractivity (Wildman–Crippen MR) is 74.8 cm³/mol. The molecule has 0 aliphatic carbocycles. The fourth-order valence-electron chi connectivity index (χ4n) is 2.21. The molecular formula is C14H17N3O3. The van der Waals surface area contributed by atoms with Gasteiger partial charge in [0.25, 0.3) is 0 Å². The molecule has 1 unspecified atom stereocenters. The molecule has 1 aromatic carbocycles. The highest BCUT2D eigenvalue weighted by molar-refractivity contribution is 5.65. The van der Waals surface area contributed by atoms with Crippen LogP contribution in [-0.4, -0.2) is 36.6 Å². The number of ether oxygens (including phenoxy) is 3. The number of hydrogen-bond acceptors (Lipinski definition) is 5. The third kappa shape index (κ3) is 2.55. The van der Waals surface area contributed by atoms with Gasteiger partial charge in [0.2, 0.25) is 0 Å². The molecule has 0 saturated carbocycles. The largest absolute Gasteiger partial charge is 0.493 e. The quantitative estimate of drug-likeness (QED) is 0.889. The van der Waals surface area contributed by atoms with E-state index in [9.17, 15) is 0 Å². The van der Waals surface area contributed by atoms with E-state index in [1.54, 1.807) is 13.2 Å². The van der Waals surface area contributed by atoms with Crippen LogP contribution in [-0.2, 0) is 4.74 Å². The van der Waals surface area contributed by atoms with Crippen molar-refractivity contribution < 1.29 is 14.2 Å². The second-order valence-corrected chi connectivity index (χ2v) is 4.68. The molecule has 1 aromatic heterocycles. The Bertz CT molecular complexity index is 591. The number of nitrogens with zero attached hydrogens (tertiary/aromatic N) is 1. The van der Waals surface area contributed by atoms with Gasteiger partial charge in [-0.2, -0.15) is 5.10 Å². The van der Waals surface area contributed by atoms with E-state index >= 15 is 0 Å². The molecule has 6 heteroatoms. The minimum Gasteiger partial charge on any atom is -0.493 e. The van der Waals surface area contributed by atoms with E-state index in [2.05, 4.69) is 10.2 Å². The Morgan fingerprint density at radius 3 is 2.90 bits per heavy atom. The second kappa shape index (κ2) is 5.42. The summed E-state index contributed by atoms with van der Waals surface area (Å²) in [5.41, 5.74) is 7.42. The highest BCUT2D eigenvalue weighted by Crippen LogP contribution is 2.33. The van der Waals surface area contributed by atoms with E-state index in [1.165, 1.54) is 0 Å². The first-order chi connectivity index (χ1) is 9.76. The molecular weight excluding hydrogens is 258 g/mol. The molecule has 2 aromatic rings. The lowest BCUT2D eigenvalue weighted by molar-refractivity contribution is 0.138. The number of nitrogens with two attached hydrogens (primary N) is 1. The van der Waals surface area contributed by atoms with Gasteiger partial charge in [0, 0.05) is 18.1 Å². The molecule has 20 heavy (non-hydrogen) atoms. The van der Waals surface area contributed by atoms with Crippen molar-refractivity contribution >= 4 is 5.82 Å². The zero-order valence-electron chi connectivity index (χ0n) is 11.3. The minimum absolute atomic E-state index is 0.0750. The lowest BCUT2D eigenvalue weighted by atomic mass is 10.1. The van der Waals surface area contributed by atoms with Gasteiger partial charge in [-0.15, -0.1) is 0 Å². The molecule has 0 amide bonds. The molecule has 1 saturated heterocycles. The zero-order chi connectivity index (χ0) is 13.9. The number of aromatic amines is 1. The van der Waals surface area contributed by atoms with Crippen LogP contribution in [0, 0.1) is 0 Å². The third-order valence-electron chi connectivity index (χ3n) is 3.25. The normalized spacial score (nSPS) is 18.1. The van der Waals surface area contributed by atoms with Gasteiger partial charge in [-0.1, -0.05) is 0 Å². The first-order valence-electron chi connectivity index (χ1n) is 6.50. The van der Waals surface area contributed by atoms with Gasteiger partial charge in [-0.05, 0) is 18.2 Å². The average Bonchev–Trinajstić information content (AvgIpc) is 3.10. The van der Waals surface area contributed by atoms with Gasteiger partial charge >= 0.3 is 0 Å². The van der Waals surface area contributed by atoms with Crippen LogP contribution < -0.4 is 15.2 Å². The van der Waals surface area contributed by atoms with E-state index < -0.39 is 0 Å². The van der Waals surface area contributed by atoms with Crippen LogP contribution in [0.5, 0.6) is 11.5 Å². The molecule has 3 N–H and O–H groups in total. The molecule has 106 valence electrons. The predicted octanol–water partition coefficient (Wildman–Crippen LogP) is 1.84. The standard InChI is InChI=1S/C14H17N3O3/c1-18-12-3-2-9(11-7-14(15)17-16-11)6-13(12)20-10-4-5-19-8-10/h2-3,6-7,10H,4-5,8H2,1H3,(H3,15,16,17). The van der Waals surface area contributed by atoms with Crippen LogP contribution in [0.1, 0.15) is 6.42 Å². The van der Waals surface area contributed by atoms with Crippen molar-refractivity contribution in [1.29, 1.82) is 0 Å². The molecule has 0 spiro atoms. The Morgan fingerprint density at radius 2 is 2.25 bits per heavy atom. The van der Waals surface area contributed by atoms with Crippen LogP contribution in [0.2, 0.25) is 0 Å². The fourth-order valence-corrected chi connectivity index (χ4v) is 2.21. The summed E-state index contributed by atoms with van der Waals surface area (Å²) >= 11 is 0. The van der Waals surface area contributed by atoms with Crippen LogP contribution in [0.25, 0.3) is 11.3 Å². The minimum atomic E-state index is 0.0750. The summed E-state index contributed by atoms with van der Waals surface area (Å²) in [5, 5.41) is 6.81. The topological polar surface area (TPSA) is 82.4 Å². The lowest BCUT2D eigenvalue weighted by Gasteiger charge is -2.15.